The molecule has 0 aliphatic carbocycles. The van der Waals surface area contributed by atoms with Crippen molar-refractivity contribution in [1.29, 1.82) is 0 Å². The van der Waals surface area contributed by atoms with E-state index in [1.165, 1.54) is 6.92 Å². The van der Waals surface area contributed by atoms with Crippen LogP contribution in [0.25, 0.3) is 0 Å². The molecule has 0 radical (unpaired) electrons. The Balaban J connectivity index is 1.61. The van der Waals surface area contributed by atoms with Crippen LogP contribution in [0, 0.1) is 6.92 Å². The molecule has 156 valence electrons. The Bertz CT molecular complexity index is 977. The van der Waals surface area contributed by atoms with Gasteiger partial charge in [0.25, 0.3) is 0 Å². The maximum absolute atomic E-state index is 12.5. The number of nitrogens with zero attached hydrogens (tertiary/aromatic N) is 1. The lowest BCUT2D eigenvalue weighted by Crippen LogP contribution is -2.42. The summed E-state index contributed by atoms with van der Waals surface area (Å²) in [5, 5.41) is 2.70. The molecule has 29 heavy (non-hydrogen) atoms. The number of carbonyl (C=O) groups excluding carboxylic acids is 1. The van der Waals surface area contributed by atoms with Gasteiger partial charge in [0.2, 0.25) is 22.7 Å². The van der Waals surface area contributed by atoms with Gasteiger partial charge in [-0.1, -0.05) is 18.2 Å². The van der Waals surface area contributed by atoms with Gasteiger partial charge in [0, 0.05) is 6.07 Å². The van der Waals surface area contributed by atoms with Gasteiger partial charge >= 0.3 is 0 Å². The highest BCUT2D eigenvalue weighted by atomic mass is 32.2. The normalized spacial score (nSPS) is 12.5. The Morgan fingerprint density at radius 2 is 1.93 bits per heavy atom. The minimum atomic E-state index is -3.66. The molecule has 0 spiro atoms. The van der Waals surface area contributed by atoms with Gasteiger partial charge < -0.3 is 19.5 Å². The van der Waals surface area contributed by atoms with Crippen molar-refractivity contribution in [3.8, 4) is 17.2 Å². The molecule has 0 saturated carbocycles. The third kappa shape index (κ3) is 5.11. The summed E-state index contributed by atoms with van der Waals surface area (Å²) in [6.07, 6.45) is 0. The molecule has 0 unspecified atom stereocenters. The second kappa shape index (κ2) is 9.04. The van der Waals surface area contributed by atoms with Gasteiger partial charge in [-0.25, -0.2) is 8.42 Å². The van der Waals surface area contributed by atoms with Crippen molar-refractivity contribution >= 4 is 21.6 Å². The fourth-order valence-electron chi connectivity index (χ4n) is 2.80. The summed E-state index contributed by atoms with van der Waals surface area (Å²) < 4.78 is 42.4. The van der Waals surface area contributed by atoms with Crippen LogP contribution < -0.4 is 23.8 Å². The van der Waals surface area contributed by atoms with Crippen LogP contribution in [0.5, 0.6) is 17.2 Å². The fraction of sp³-hybridized carbons (Fsp3) is 0.350. The van der Waals surface area contributed by atoms with Crippen LogP contribution in [-0.4, -0.2) is 46.6 Å². The Hall–Kier alpha value is -2.94. The number of fused-ring (bicyclic) bond motifs is 1. The van der Waals surface area contributed by atoms with Crippen LogP contribution >= 0.6 is 0 Å². The Kier molecular flexibility index (Phi) is 6.48. The van der Waals surface area contributed by atoms with Crippen molar-refractivity contribution in [2.75, 3.05) is 36.5 Å². The number of sulfonamides is 1. The summed E-state index contributed by atoms with van der Waals surface area (Å²) in [6, 6.07) is 12.4. The molecule has 1 aliphatic rings. The highest BCUT2D eigenvalue weighted by molar-refractivity contribution is 7.92. The van der Waals surface area contributed by atoms with E-state index in [1.807, 2.05) is 31.2 Å². The van der Waals surface area contributed by atoms with Crippen LogP contribution in [0.4, 0.5) is 5.69 Å². The van der Waals surface area contributed by atoms with Crippen LogP contribution in [0.15, 0.2) is 42.5 Å². The standard InChI is InChI=1S/C20H24N2O6S/c1-3-29(24,25)22(16-8-9-18-19(12-16)28-14-27-18)13-20(23)21-10-11-26-17-7-5-4-6-15(17)2/h4-9,12H,3,10-11,13-14H2,1-2H3,(H,21,23). The second-order valence-corrected chi connectivity index (χ2v) is 8.59. The second-order valence-electron chi connectivity index (χ2n) is 6.41. The zero-order valence-electron chi connectivity index (χ0n) is 16.4. The van der Waals surface area contributed by atoms with Crippen molar-refractivity contribution < 1.29 is 27.4 Å². The predicted octanol–water partition coefficient (Wildman–Crippen LogP) is 2.08. The highest BCUT2D eigenvalue weighted by Gasteiger charge is 2.25. The molecule has 2 aromatic carbocycles. The third-order valence-electron chi connectivity index (χ3n) is 4.41. The van der Waals surface area contributed by atoms with E-state index in [-0.39, 0.29) is 32.2 Å². The summed E-state index contributed by atoms with van der Waals surface area (Å²) in [7, 11) is -3.66. The minimum absolute atomic E-state index is 0.0840. The highest BCUT2D eigenvalue weighted by Crippen LogP contribution is 2.36. The fourth-order valence-corrected chi connectivity index (χ4v) is 3.86. The molecule has 0 fully saturated rings. The molecule has 8 nitrogen and oxygen atoms in total. The van der Waals surface area contributed by atoms with E-state index in [1.54, 1.807) is 18.2 Å². The van der Waals surface area contributed by atoms with Crippen molar-refractivity contribution in [2.24, 2.45) is 0 Å². The number of para-hydroxylation sites is 1. The van der Waals surface area contributed by atoms with E-state index in [0.29, 0.717) is 17.2 Å². The first kappa shape index (κ1) is 20.8. The van der Waals surface area contributed by atoms with Crippen LogP contribution in [0.1, 0.15) is 12.5 Å². The molecule has 0 aromatic heterocycles. The zero-order valence-corrected chi connectivity index (χ0v) is 17.2. The first-order valence-electron chi connectivity index (χ1n) is 9.26. The lowest BCUT2D eigenvalue weighted by Gasteiger charge is -2.23. The average molecular weight is 420 g/mol. The van der Waals surface area contributed by atoms with Gasteiger partial charge in [0.15, 0.2) is 11.5 Å². The SMILES string of the molecule is CCS(=O)(=O)N(CC(=O)NCCOc1ccccc1C)c1ccc2c(c1)OCO2. The number of rotatable bonds is 9. The Morgan fingerprint density at radius 1 is 1.17 bits per heavy atom. The predicted molar refractivity (Wildman–Crippen MR) is 109 cm³/mol. The number of aryl methyl sites for hydroxylation is 1. The summed E-state index contributed by atoms with van der Waals surface area (Å²) in [4.78, 5) is 12.4. The van der Waals surface area contributed by atoms with Gasteiger partial charge in [-0.05, 0) is 37.6 Å². The van der Waals surface area contributed by atoms with Gasteiger partial charge in [-0.2, -0.15) is 0 Å². The van der Waals surface area contributed by atoms with Gasteiger partial charge in [-0.3, -0.25) is 9.10 Å². The first-order chi connectivity index (χ1) is 13.9. The largest absolute Gasteiger partial charge is 0.491 e. The maximum Gasteiger partial charge on any atom is 0.240 e. The molecule has 1 heterocycles. The summed E-state index contributed by atoms with van der Waals surface area (Å²) in [5.74, 6) is 1.18. The number of carbonyl (C=O) groups is 1. The molecule has 1 amide bonds. The number of ether oxygens (including phenoxy) is 3. The Morgan fingerprint density at radius 3 is 2.69 bits per heavy atom. The Labute approximate surface area is 170 Å². The van der Waals surface area contributed by atoms with Gasteiger partial charge in [0.1, 0.15) is 18.9 Å². The number of hydrogen-bond donors (Lipinski definition) is 1. The molecule has 0 atom stereocenters. The molecule has 9 heteroatoms. The number of hydrogen-bond acceptors (Lipinski definition) is 6. The molecule has 1 N–H and O–H groups in total. The molecule has 0 saturated heterocycles. The van der Waals surface area contributed by atoms with Gasteiger partial charge in [0.05, 0.1) is 18.0 Å². The van der Waals surface area contributed by atoms with E-state index in [9.17, 15) is 13.2 Å². The quantitative estimate of drug-likeness (QED) is 0.624. The van der Waals surface area contributed by atoms with Crippen LogP contribution in [0.3, 0.4) is 0 Å². The summed E-state index contributed by atoms with van der Waals surface area (Å²) >= 11 is 0. The maximum atomic E-state index is 12.5. The van der Waals surface area contributed by atoms with E-state index in [4.69, 9.17) is 14.2 Å². The molecule has 0 bridgehead atoms. The molecular formula is C20H24N2O6S. The topological polar surface area (TPSA) is 94.2 Å². The van der Waals surface area contributed by atoms with Crippen LogP contribution in [-0.2, 0) is 14.8 Å². The summed E-state index contributed by atoms with van der Waals surface area (Å²) in [6.45, 7) is 3.76. The van der Waals surface area contributed by atoms with Crippen molar-refractivity contribution in [3.63, 3.8) is 0 Å². The van der Waals surface area contributed by atoms with E-state index >= 15 is 0 Å². The number of anilines is 1. The molecular weight excluding hydrogens is 396 g/mol. The van der Waals surface area contributed by atoms with Crippen molar-refractivity contribution in [3.05, 3.63) is 48.0 Å². The molecule has 1 aliphatic heterocycles. The lowest BCUT2D eigenvalue weighted by atomic mass is 10.2. The van der Waals surface area contributed by atoms with Crippen LogP contribution in [0.2, 0.25) is 0 Å². The van der Waals surface area contributed by atoms with Crippen molar-refractivity contribution in [1.82, 2.24) is 5.32 Å². The third-order valence-corrected chi connectivity index (χ3v) is 6.15. The monoisotopic (exact) mass is 420 g/mol. The summed E-state index contributed by atoms with van der Waals surface area (Å²) in [5.41, 5.74) is 1.35. The molecule has 3 rings (SSSR count). The van der Waals surface area contributed by atoms with Crippen molar-refractivity contribution in [2.45, 2.75) is 13.8 Å². The number of benzene rings is 2. The minimum Gasteiger partial charge on any atom is -0.491 e. The zero-order chi connectivity index (χ0) is 20.9. The van der Waals surface area contributed by atoms with E-state index < -0.39 is 15.9 Å². The molecule has 2 aromatic rings. The van der Waals surface area contributed by atoms with E-state index in [0.717, 1.165) is 15.6 Å². The number of nitrogens with one attached hydrogen (secondary N) is 1. The van der Waals surface area contributed by atoms with E-state index in [2.05, 4.69) is 5.32 Å². The lowest BCUT2D eigenvalue weighted by molar-refractivity contribution is -0.119. The smallest absolute Gasteiger partial charge is 0.240 e. The first-order valence-corrected chi connectivity index (χ1v) is 10.9. The van der Waals surface area contributed by atoms with Gasteiger partial charge in [-0.15, -0.1) is 0 Å². The average Bonchev–Trinajstić information content (AvgIpc) is 3.18. The number of amides is 1.